The quantitative estimate of drug-likeness (QED) is 0.756. The van der Waals surface area contributed by atoms with Crippen LogP contribution in [0, 0.1) is 0 Å². The number of aliphatic carboxylic acids is 1. The van der Waals surface area contributed by atoms with E-state index in [0.717, 1.165) is 18.6 Å². The van der Waals surface area contributed by atoms with Crippen LogP contribution in [0.25, 0.3) is 0 Å². The Morgan fingerprint density at radius 3 is 2.78 bits per heavy atom. The zero-order valence-electron chi connectivity index (χ0n) is 13.6. The van der Waals surface area contributed by atoms with Gasteiger partial charge < -0.3 is 20.1 Å². The van der Waals surface area contributed by atoms with E-state index < -0.39 is 5.97 Å². The van der Waals surface area contributed by atoms with Gasteiger partial charge in [0.05, 0.1) is 7.11 Å². The van der Waals surface area contributed by atoms with Crippen LogP contribution in [-0.2, 0) is 4.79 Å². The molecule has 1 aliphatic carbocycles. The van der Waals surface area contributed by atoms with Crippen molar-refractivity contribution in [1.29, 1.82) is 0 Å². The Hall–Kier alpha value is -2.24. The molecule has 1 aliphatic rings. The number of carboxylic acid groups (broad SMARTS) is 1. The summed E-state index contributed by atoms with van der Waals surface area (Å²) in [6.07, 6.45) is 2.40. The highest BCUT2D eigenvalue weighted by atomic mass is 16.5. The van der Waals surface area contributed by atoms with E-state index >= 15 is 0 Å². The van der Waals surface area contributed by atoms with Crippen molar-refractivity contribution in [2.75, 3.05) is 20.7 Å². The fraction of sp³-hybridized carbons (Fsp3) is 0.529. The molecule has 0 unspecified atom stereocenters. The number of rotatable bonds is 7. The lowest BCUT2D eigenvalue weighted by atomic mass is 9.75. The third-order valence-corrected chi connectivity index (χ3v) is 4.39. The lowest BCUT2D eigenvalue weighted by Gasteiger charge is -2.41. The molecule has 0 atom stereocenters. The van der Waals surface area contributed by atoms with Gasteiger partial charge in [-0.1, -0.05) is 12.1 Å². The minimum absolute atomic E-state index is 0.0747. The Kier molecular flexibility index (Phi) is 5.84. The highest BCUT2D eigenvalue weighted by molar-refractivity contribution is 5.74. The molecular weight excluding hydrogens is 296 g/mol. The number of urea groups is 1. The number of ether oxygens (including phenoxy) is 1. The highest BCUT2D eigenvalue weighted by Crippen LogP contribution is 2.40. The van der Waals surface area contributed by atoms with Gasteiger partial charge in [-0.05, 0) is 42.9 Å². The van der Waals surface area contributed by atoms with E-state index in [-0.39, 0.29) is 18.5 Å². The SMILES string of the molecule is COc1cccc(C2CC(N(C)C(=O)NCCCC(=O)O)C2)c1. The Morgan fingerprint density at radius 1 is 1.39 bits per heavy atom. The largest absolute Gasteiger partial charge is 0.497 e. The van der Waals surface area contributed by atoms with Crippen LogP contribution in [0.1, 0.15) is 37.2 Å². The summed E-state index contributed by atoms with van der Waals surface area (Å²) in [6.45, 7) is 0.390. The normalized spacial score (nSPS) is 19.6. The van der Waals surface area contributed by atoms with Crippen LogP contribution < -0.4 is 10.1 Å². The zero-order chi connectivity index (χ0) is 16.8. The van der Waals surface area contributed by atoms with Gasteiger partial charge in [-0.3, -0.25) is 4.79 Å². The fourth-order valence-corrected chi connectivity index (χ4v) is 2.80. The molecule has 0 heterocycles. The smallest absolute Gasteiger partial charge is 0.317 e. The third kappa shape index (κ3) is 4.61. The molecule has 6 heteroatoms. The van der Waals surface area contributed by atoms with Crippen molar-refractivity contribution >= 4 is 12.0 Å². The number of carbonyl (C=O) groups excluding carboxylic acids is 1. The minimum Gasteiger partial charge on any atom is -0.497 e. The molecule has 1 aromatic carbocycles. The summed E-state index contributed by atoms with van der Waals surface area (Å²) in [5.41, 5.74) is 1.25. The Labute approximate surface area is 136 Å². The molecule has 126 valence electrons. The van der Waals surface area contributed by atoms with Gasteiger partial charge in [0.15, 0.2) is 0 Å². The molecule has 6 nitrogen and oxygen atoms in total. The van der Waals surface area contributed by atoms with Crippen LogP contribution in [0.3, 0.4) is 0 Å². The molecule has 0 aromatic heterocycles. The molecule has 2 amide bonds. The summed E-state index contributed by atoms with van der Waals surface area (Å²) in [5.74, 6) is 0.473. The zero-order valence-corrected chi connectivity index (χ0v) is 13.6. The first-order chi connectivity index (χ1) is 11.0. The average Bonchev–Trinajstić information content (AvgIpc) is 2.49. The van der Waals surface area contributed by atoms with Crippen molar-refractivity contribution < 1.29 is 19.4 Å². The lowest BCUT2D eigenvalue weighted by Crippen LogP contribution is -2.49. The summed E-state index contributed by atoms with van der Waals surface area (Å²) in [6, 6.07) is 8.15. The first-order valence-electron chi connectivity index (χ1n) is 7.87. The number of nitrogens with zero attached hydrogens (tertiary/aromatic N) is 1. The van der Waals surface area contributed by atoms with Gasteiger partial charge in [0.1, 0.15) is 5.75 Å². The monoisotopic (exact) mass is 320 g/mol. The number of carboxylic acids is 1. The Morgan fingerprint density at radius 2 is 2.13 bits per heavy atom. The van der Waals surface area contributed by atoms with E-state index in [0.29, 0.717) is 18.9 Å². The van der Waals surface area contributed by atoms with Crippen LogP contribution >= 0.6 is 0 Å². The first-order valence-corrected chi connectivity index (χ1v) is 7.87. The number of methoxy groups -OCH3 is 1. The molecule has 1 saturated carbocycles. The Bertz CT molecular complexity index is 555. The van der Waals surface area contributed by atoms with Crippen LogP contribution in [0.4, 0.5) is 4.79 Å². The number of hydrogen-bond donors (Lipinski definition) is 2. The lowest BCUT2D eigenvalue weighted by molar-refractivity contribution is -0.137. The van der Waals surface area contributed by atoms with Crippen molar-refractivity contribution in [2.24, 2.45) is 0 Å². The molecule has 23 heavy (non-hydrogen) atoms. The maximum Gasteiger partial charge on any atom is 0.317 e. The predicted octanol–water partition coefficient (Wildman–Crippen LogP) is 2.45. The molecule has 0 bridgehead atoms. The van der Waals surface area contributed by atoms with Gasteiger partial charge in [-0.2, -0.15) is 0 Å². The minimum atomic E-state index is -0.840. The van der Waals surface area contributed by atoms with Crippen molar-refractivity contribution in [1.82, 2.24) is 10.2 Å². The number of hydrogen-bond acceptors (Lipinski definition) is 3. The Balaban J connectivity index is 1.74. The van der Waals surface area contributed by atoms with Crippen LogP contribution in [0.15, 0.2) is 24.3 Å². The van der Waals surface area contributed by atoms with Crippen molar-refractivity contribution in [3.05, 3.63) is 29.8 Å². The predicted molar refractivity (Wildman–Crippen MR) is 86.8 cm³/mol. The van der Waals surface area contributed by atoms with Crippen LogP contribution in [-0.4, -0.2) is 48.8 Å². The van der Waals surface area contributed by atoms with Crippen molar-refractivity contribution in [2.45, 2.75) is 37.6 Å². The van der Waals surface area contributed by atoms with Crippen LogP contribution in [0.2, 0.25) is 0 Å². The van der Waals surface area contributed by atoms with Gasteiger partial charge in [0, 0.05) is 26.1 Å². The summed E-state index contributed by atoms with van der Waals surface area (Å²) in [5, 5.41) is 11.3. The van der Waals surface area contributed by atoms with E-state index in [1.807, 2.05) is 18.2 Å². The van der Waals surface area contributed by atoms with E-state index in [2.05, 4.69) is 11.4 Å². The van der Waals surface area contributed by atoms with E-state index in [4.69, 9.17) is 9.84 Å². The van der Waals surface area contributed by atoms with Crippen molar-refractivity contribution in [3.8, 4) is 5.75 Å². The van der Waals surface area contributed by atoms with E-state index in [9.17, 15) is 9.59 Å². The molecule has 0 saturated heterocycles. The second kappa shape index (κ2) is 7.85. The maximum atomic E-state index is 12.0. The van der Waals surface area contributed by atoms with Gasteiger partial charge in [-0.15, -0.1) is 0 Å². The molecule has 0 spiro atoms. The van der Waals surface area contributed by atoms with Gasteiger partial charge in [0.25, 0.3) is 0 Å². The first kappa shape index (κ1) is 17.1. The molecule has 0 radical (unpaired) electrons. The summed E-state index contributed by atoms with van der Waals surface area (Å²) in [4.78, 5) is 24.2. The van der Waals surface area contributed by atoms with E-state index in [1.165, 1.54) is 5.56 Å². The second-order valence-electron chi connectivity index (χ2n) is 5.94. The maximum absolute atomic E-state index is 12.0. The number of amides is 2. The van der Waals surface area contributed by atoms with E-state index in [1.54, 1.807) is 19.1 Å². The molecular formula is C17H24N2O4. The number of nitrogens with one attached hydrogen (secondary N) is 1. The van der Waals surface area contributed by atoms with Gasteiger partial charge >= 0.3 is 12.0 Å². The number of benzene rings is 1. The number of carbonyl (C=O) groups is 2. The molecule has 2 N–H and O–H groups in total. The fourth-order valence-electron chi connectivity index (χ4n) is 2.80. The van der Waals surface area contributed by atoms with Gasteiger partial charge in [-0.25, -0.2) is 4.79 Å². The summed E-state index contributed by atoms with van der Waals surface area (Å²) < 4.78 is 5.24. The standard InChI is InChI=1S/C17H24N2O4/c1-19(17(22)18-8-4-7-16(20)21)14-9-13(10-14)12-5-3-6-15(11-12)23-2/h3,5-6,11,13-14H,4,7-10H2,1-2H3,(H,18,22)(H,20,21). The molecule has 1 fully saturated rings. The highest BCUT2D eigenvalue weighted by Gasteiger charge is 2.35. The average molecular weight is 320 g/mol. The third-order valence-electron chi connectivity index (χ3n) is 4.39. The van der Waals surface area contributed by atoms with Gasteiger partial charge in [0.2, 0.25) is 0 Å². The molecule has 2 rings (SSSR count). The summed E-state index contributed by atoms with van der Waals surface area (Å²) in [7, 11) is 3.45. The second-order valence-corrected chi connectivity index (χ2v) is 5.94. The van der Waals surface area contributed by atoms with Crippen LogP contribution in [0.5, 0.6) is 5.75 Å². The molecule has 1 aromatic rings. The van der Waals surface area contributed by atoms with Crippen molar-refractivity contribution in [3.63, 3.8) is 0 Å². The topological polar surface area (TPSA) is 78.9 Å². The summed E-state index contributed by atoms with van der Waals surface area (Å²) >= 11 is 0. The molecule has 0 aliphatic heterocycles.